The number of aliphatic imine (C=N–C) groups is 1. The summed E-state index contributed by atoms with van der Waals surface area (Å²) in [5, 5.41) is 21.4. The van der Waals surface area contributed by atoms with E-state index in [4.69, 9.17) is 4.74 Å². The Morgan fingerprint density at radius 2 is 1.52 bits per heavy atom. The maximum absolute atomic E-state index is 12.5. The van der Waals surface area contributed by atoms with E-state index in [0.29, 0.717) is 5.56 Å². The summed E-state index contributed by atoms with van der Waals surface area (Å²) in [6.45, 7) is 0.196. The first kappa shape index (κ1) is 17.7. The van der Waals surface area contributed by atoms with E-state index in [9.17, 15) is 25.0 Å². The molecule has 10 heteroatoms. The number of non-ortho nitro benzene ring substituents is 2. The van der Waals surface area contributed by atoms with Crippen LogP contribution in [-0.2, 0) is 0 Å². The highest BCUT2D eigenvalue weighted by molar-refractivity contribution is 6.07. The lowest BCUT2D eigenvalue weighted by molar-refractivity contribution is -0.385. The lowest BCUT2D eigenvalue weighted by Gasteiger charge is -2.24. The number of carbonyl (C=O) groups excluding carboxylic acids is 1. The van der Waals surface area contributed by atoms with E-state index in [-0.39, 0.29) is 29.5 Å². The molecule has 136 valence electrons. The maximum atomic E-state index is 12.5. The first-order chi connectivity index (χ1) is 13.0. The molecule has 1 aliphatic rings. The minimum Gasteiger partial charge on any atom is -0.410 e. The lowest BCUT2D eigenvalue weighted by atomic mass is 10.1. The number of nitro groups is 2. The average Bonchev–Trinajstić information content (AvgIpc) is 2.68. The van der Waals surface area contributed by atoms with Crippen LogP contribution in [0.2, 0.25) is 0 Å². The standard InChI is InChI=1S/C17H12N4O6/c22-17(27-15-8-6-14(7-9-15)21(25)26)19-11-1-10-18-16(19)12-2-4-13(5-3-12)20(23)24/h1-10H,11H2. The zero-order valence-electron chi connectivity index (χ0n) is 13.7. The third-order valence-electron chi connectivity index (χ3n) is 3.66. The highest BCUT2D eigenvalue weighted by Gasteiger charge is 2.24. The van der Waals surface area contributed by atoms with Crippen molar-refractivity contribution in [2.45, 2.75) is 0 Å². The van der Waals surface area contributed by atoms with Crippen molar-refractivity contribution in [1.82, 2.24) is 4.90 Å². The zero-order valence-corrected chi connectivity index (χ0v) is 13.7. The second kappa shape index (κ2) is 7.44. The van der Waals surface area contributed by atoms with Crippen molar-refractivity contribution in [3.63, 3.8) is 0 Å². The molecule has 0 N–H and O–H groups in total. The molecule has 2 aromatic carbocycles. The number of nitrogens with zero attached hydrogens (tertiary/aromatic N) is 4. The van der Waals surface area contributed by atoms with Crippen LogP contribution in [0.15, 0.2) is 65.8 Å². The van der Waals surface area contributed by atoms with Gasteiger partial charge < -0.3 is 4.74 Å². The number of hydrogen-bond donors (Lipinski definition) is 0. The smallest absolute Gasteiger partial charge is 0.410 e. The van der Waals surface area contributed by atoms with E-state index in [2.05, 4.69) is 4.99 Å². The van der Waals surface area contributed by atoms with Crippen LogP contribution in [0.5, 0.6) is 5.75 Å². The van der Waals surface area contributed by atoms with Crippen LogP contribution >= 0.6 is 0 Å². The molecular formula is C17H12N4O6. The Labute approximate surface area is 152 Å². The summed E-state index contributed by atoms with van der Waals surface area (Å²) in [4.78, 5) is 38.3. The van der Waals surface area contributed by atoms with Crippen LogP contribution < -0.4 is 4.74 Å². The molecule has 10 nitrogen and oxygen atoms in total. The van der Waals surface area contributed by atoms with Gasteiger partial charge in [-0.15, -0.1) is 0 Å². The summed E-state index contributed by atoms with van der Waals surface area (Å²) >= 11 is 0. The zero-order chi connectivity index (χ0) is 19.4. The fraction of sp³-hybridized carbons (Fsp3) is 0.0588. The van der Waals surface area contributed by atoms with Crippen molar-refractivity contribution in [3.8, 4) is 5.75 Å². The number of rotatable bonds is 4. The van der Waals surface area contributed by atoms with Crippen LogP contribution in [0.4, 0.5) is 16.2 Å². The Hall–Kier alpha value is -4.08. The highest BCUT2D eigenvalue weighted by atomic mass is 16.6. The van der Waals surface area contributed by atoms with Gasteiger partial charge >= 0.3 is 6.09 Å². The molecule has 2 aromatic rings. The number of amidine groups is 1. The molecule has 0 spiro atoms. The van der Waals surface area contributed by atoms with Gasteiger partial charge in [-0.2, -0.15) is 0 Å². The Bertz CT molecular complexity index is 950. The van der Waals surface area contributed by atoms with E-state index < -0.39 is 15.9 Å². The van der Waals surface area contributed by atoms with Crippen LogP contribution in [0.3, 0.4) is 0 Å². The van der Waals surface area contributed by atoms with Gasteiger partial charge in [0.15, 0.2) is 0 Å². The minimum absolute atomic E-state index is 0.0780. The third kappa shape index (κ3) is 3.95. The molecule has 0 atom stereocenters. The monoisotopic (exact) mass is 368 g/mol. The summed E-state index contributed by atoms with van der Waals surface area (Å²) in [5.74, 6) is 0.419. The highest BCUT2D eigenvalue weighted by Crippen LogP contribution is 2.20. The van der Waals surface area contributed by atoms with Crippen molar-refractivity contribution in [3.05, 3.63) is 86.6 Å². The third-order valence-corrected chi connectivity index (χ3v) is 3.66. The number of amides is 1. The topological polar surface area (TPSA) is 128 Å². The molecule has 0 radical (unpaired) electrons. The minimum atomic E-state index is -0.731. The van der Waals surface area contributed by atoms with E-state index in [0.717, 1.165) is 0 Å². The Kier molecular flexibility index (Phi) is 4.88. The number of hydrogen-bond acceptors (Lipinski definition) is 7. The summed E-state index contributed by atoms with van der Waals surface area (Å²) < 4.78 is 5.24. The summed E-state index contributed by atoms with van der Waals surface area (Å²) in [6, 6.07) is 10.7. The number of carbonyl (C=O) groups is 1. The van der Waals surface area contributed by atoms with Crippen LogP contribution in [0.25, 0.3) is 0 Å². The molecular weight excluding hydrogens is 356 g/mol. The molecule has 0 aliphatic carbocycles. The van der Waals surface area contributed by atoms with E-state index in [1.165, 1.54) is 59.6 Å². The molecule has 27 heavy (non-hydrogen) atoms. The van der Waals surface area contributed by atoms with Gasteiger partial charge in [0.1, 0.15) is 11.6 Å². The first-order valence-electron chi connectivity index (χ1n) is 7.67. The van der Waals surface area contributed by atoms with Gasteiger partial charge in [0.2, 0.25) is 0 Å². The van der Waals surface area contributed by atoms with E-state index in [1.54, 1.807) is 6.08 Å². The lowest BCUT2D eigenvalue weighted by Crippen LogP contribution is -2.40. The first-order valence-corrected chi connectivity index (χ1v) is 7.67. The fourth-order valence-corrected chi connectivity index (χ4v) is 2.35. The van der Waals surface area contributed by atoms with Crippen LogP contribution in [-0.4, -0.2) is 33.2 Å². The second-order valence-electron chi connectivity index (χ2n) is 5.37. The van der Waals surface area contributed by atoms with Crippen molar-refractivity contribution in [1.29, 1.82) is 0 Å². The predicted molar refractivity (Wildman–Crippen MR) is 94.6 cm³/mol. The van der Waals surface area contributed by atoms with Crippen molar-refractivity contribution in [2.24, 2.45) is 4.99 Å². The molecule has 3 rings (SSSR count). The molecule has 0 fully saturated rings. The predicted octanol–water partition coefficient (Wildman–Crippen LogP) is 3.28. The largest absolute Gasteiger partial charge is 0.421 e. The van der Waals surface area contributed by atoms with Gasteiger partial charge in [0.05, 0.1) is 16.4 Å². The quantitative estimate of drug-likeness (QED) is 0.601. The van der Waals surface area contributed by atoms with Gasteiger partial charge in [-0.25, -0.2) is 9.79 Å². The Morgan fingerprint density at radius 1 is 0.963 bits per heavy atom. The number of benzene rings is 2. The van der Waals surface area contributed by atoms with Gasteiger partial charge in [0, 0.05) is 36.0 Å². The molecule has 0 bridgehead atoms. The number of nitro benzene ring substituents is 2. The molecule has 1 aliphatic heterocycles. The molecule has 0 saturated carbocycles. The van der Waals surface area contributed by atoms with Gasteiger partial charge in [0.25, 0.3) is 11.4 Å². The van der Waals surface area contributed by atoms with Gasteiger partial charge in [-0.3, -0.25) is 25.1 Å². The van der Waals surface area contributed by atoms with Crippen molar-refractivity contribution < 1.29 is 19.4 Å². The molecule has 0 saturated heterocycles. The SMILES string of the molecule is O=C(Oc1ccc([N+](=O)[O-])cc1)N1CC=CN=C1c1ccc([N+](=O)[O-])cc1. The van der Waals surface area contributed by atoms with Crippen LogP contribution in [0.1, 0.15) is 5.56 Å². The molecule has 1 heterocycles. The van der Waals surface area contributed by atoms with E-state index >= 15 is 0 Å². The molecule has 0 aromatic heterocycles. The van der Waals surface area contributed by atoms with Gasteiger partial charge in [-0.1, -0.05) is 0 Å². The second-order valence-corrected chi connectivity index (χ2v) is 5.37. The Balaban J connectivity index is 1.78. The molecule has 0 unspecified atom stereocenters. The molecule has 1 amide bonds. The maximum Gasteiger partial charge on any atom is 0.421 e. The summed E-state index contributed by atoms with van der Waals surface area (Å²) in [7, 11) is 0. The summed E-state index contributed by atoms with van der Waals surface area (Å²) in [5.41, 5.74) is 0.306. The fourth-order valence-electron chi connectivity index (χ4n) is 2.35. The number of ether oxygens (including phenoxy) is 1. The van der Waals surface area contributed by atoms with E-state index in [1.807, 2.05) is 0 Å². The Morgan fingerprint density at radius 3 is 2.07 bits per heavy atom. The van der Waals surface area contributed by atoms with Crippen molar-refractivity contribution >= 4 is 23.3 Å². The van der Waals surface area contributed by atoms with Gasteiger partial charge in [-0.05, 0) is 30.3 Å². The average molecular weight is 368 g/mol. The normalized spacial score (nSPS) is 13.0. The summed E-state index contributed by atoms with van der Waals surface area (Å²) in [6.07, 6.45) is 2.43. The van der Waals surface area contributed by atoms with Crippen LogP contribution in [0, 0.1) is 20.2 Å². The van der Waals surface area contributed by atoms with Crippen molar-refractivity contribution in [2.75, 3.05) is 6.54 Å².